The molecule has 0 aliphatic rings. The van der Waals surface area contributed by atoms with Crippen LogP contribution in [0.3, 0.4) is 0 Å². The zero-order valence-corrected chi connectivity index (χ0v) is 12.6. The number of hydrogen-bond acceptors (Lipinski definition) is 4. The molecule has 110 valence electrons. The summed E-state index contributed by atoms with van der Waals surface area (Å²) in [4.78, 5) is 12.2. The predicted octanol–water partition coefficient (Wildman–Crippen LogP) is 2.70. The van der Waals surface area contributed by atoms with Gasteiger partial charge in [0.1, 0.15) is 5.75 Å². The molecule has 0 aliphatic carbocycles. The maximum absolute atomic E-state index is 12.0. The van der Waals surface area contributed by atoms with Crippen LogP contribution in [0.4, 0.5) is 5.69 Å². The minimum absolute atomic E-state index is 0.00416. The molecule has 0 aromatic heterocycles. The number of benzene rings is 2. The fourth-order valence-electron chi connectivity index (χ4n) is 1.65. The second-order valence-electron chi connectivity index (χ2n) is 4.41. The van der Waals surface area contributed by atoms with Crippen LogP contribution in [0.15, 0.2) is 47.4 Å². The molecule has 0 spiro atoms. The quantitative estimate of drug-likeness (QED) is 0.850. The van der Waals surface area contributed by atoms with Crippen LogP contribution in [0.2, 0.25) is 5.02 Å². The van der Waals surface area contributed by atoms with E-state index < -0.39 is 15.7 Å². The largest absolute Gasteiger partial charge is 0.508 e. The molecule has 21 heavy (non-hydrogen) atoms. The lowest BCUT2D eigenvalue weighted by Gasteiger charge is -2.08. The molecular formula is C14H12ClNO4S. The van der Waals surface area contributed by atoms with Crippen LogP contribution < -0.4 is 5.32 Å². The van der Waals surface area contributed by atoms with Crippen LogP contribution in [0.25, 0.3) is 0 Å². The van der Waals surface area contributed by atoms with Crippen LogP contribution in [0, 0.1) is 0 Å². The number of rotatable bonds is 3. The smallest absolute Gasteiger partial charge is 0.255 e. The van der Waals surface area contributed by atoms with E-state index in [1.807, 2.05) is 0 Å². The number of phenolic OH excluding ortho intramolecular Hbond substituents is 1. The zero-order chi connectivity index (χ0) is 15.6. The number of halogens is 1. The van der Waals surface area contributed by atoms with Crippen molar-refractivity contribution < 1.29 is 18.3 Å². The highest BCUT2D eigenvalue weighted by Crippen LogP contribution is 2.26. The van der Waals surface area contributed by atoms with Crippen molar-refractivity contribution in [2.75, 3.05) is 11.6 Å². The SMILES string of the molecule is CS(=O)(=O)c1ccc(C(=O)Nc2ccc(O)cc2Cl)cc1. The van der Waals surface area contributed by atoms with Crippen molar-refractivity contribution in [1.82, 2.24) is 0 Å². The molecule has 0 heterocycles. The Morgan fingerprint density at radius 3 is 2.29 bits per heavy atom. The first-order valence-corrected chi connectivity index (χ1v) is 8.14. The molecule has 2 rings (SSSR count). The van der Waals surface area contributed by atoms with E-state index in [0.29, 0.717) is 11.3 Å². The van der Waals surface area contributed by atoms with Gasteiger partial charge in [0.15, 0.2) is 9.84 Å². The van der Waals surface area contributed by atoms with Crippen LogP contribution in [0.5, 0.6) is 5.75 Å². The standard InChI is InChI=1S/C14H12ClNO4S/c1-21(19,20)11-5-2-9(3-6-11)14(18)16-13-7-4-10(17)8-12(13)15/h2-8,17H,1H3,(H,16,18). The van der Waals surface area contributed by atoms with Crippen LogP contribution in [-0.2, 0) is 9.84 Å². The molecule has 0 saturated carbocycles. The Labute approximate surface area is 127 Å². The molecule has 0 atom stereocenters. The number of aromatic hydroxyl groups is 1. The molecule has 5 nitrogen and oxygen atoms in total. The van der Waals surface area contributed by atoms with Gasteiger partial charge in [-0.15, -0.1) is 0 Å². The van der Waals surface area contributed by atoms with Crippen molar-refractivity contribution in [1.29, 1.82) is 0 Å². The van der Waals surface area contributed by atoms with Crippen molar-refractivity contribution in [2.24, 2.45) is 0 Å². The number of anilines is 1. The summed E-state index contributed by atoms with van der Waals surface area (Å²) in [5, 5.41) is 12.0. The third-order valence-electron chi connectivity index (χ3n) is 2.75. The summed E-state index contributed by atoms with van der Waals surface area (Å²) in [5.74, 6) is -0.432. The zero-order valence-electron chi connectivity index (χ0n) is 11.0. The second-order valence-corrected chi connectivity index (χ2v) is 6.84. The van der Waals surface area contributed by atoms with Gasteiger partial charge in [0, 0.05) is 17.9 Å². The fraction of sp³-hybridized carbons (Fsp3) is 0.0714. The molecule has 0 aliphatic heterocycles. The van der Waals surface area contributed by atoms with Crippen molar-refractivity contribution in [3.05, 3.63) is 53.1 Å². The van der Waals surface area contributed by atoms with E-state index in [0.717, 1.165) is 6.26 Å². The van der Waals surface area contributed by atoms with Crippen LogP contribution >= 0.6 is 11.6 Å². The van der Waals surface area contributed by atoms with Gasteiger partial charge in [-0.3, -0.25) is 4.79 Å². The minimum Gasteiger partial charge on any atom is -0.508 e. The molecule has 2 aromatic carbocycles. The van der Waals surface area contributed by atoms with Gasteiger partial charge in [-0.2, -0.15) is 0 Å². The van der Waals surface area contributed by atoms with Gasteiger partial charge in [0.25, 0.3) is 5.91 Å². The summed E-state index contributed by atoms with van der Waals surface area (Å²) in [6.07, 6.45) is 1.10. The average Bonchev–Trinajstić information content (AvgIpc) is 2.41. The summed E-state index contributed by atoms with van der Waals surface area (Å²) in [7, 11) is -3.30. The van der Waals surface area contributed by atoms with Gasteiger partial charge in [-0.1, -0.05) is 11.6 Å². The van der Waals surface area contributed by atoms with Crippen LogP contribution in [0.1, 0.15) is 10.4 Å². The van der Waals surface area contributed by atoms with E-state index in [-0.39, 0.29) is 15.7 Å². The lowest BCUT2D eigenvalue weighted by Crippen LogP contribution is -2.12. The predicted molar refractivity (Wildman–Crippen MR) is 80.6 cm³/mol. The molecule has 0 saturated heterocycles. The van der Waals surface area contributed by atoms with Crippen molar-refractivity contribution in [2.45, 2.75) is 4.90 Å². The van der Waals surface area contributed by atoms with Gasteiger partial charge >= 0.3 is 0 Å². The van der Waals surface area contributed by atoms with Gasteiger partial charge in [0.05, 0.1) is 15.6 Å². The molecule has 0 fully saturated rings. The highest BCUT2D eigenvalue weighted by atomic mass is 35.5. The van der Waals surface area contributed by atoms with Crippen LogP contribution in [-0.4, -0.2) is 25.7 Å². The Morgan fingerprint density at radius 2 is 1.76 bits per heavy atom. The normalized spacial score (nSPS) is 11.1. The molecule has 0 bridgehead atoms. The van der Waals surface area contributed by atoms with Gasteiger partial charge in [-0.25, -0.2) is 8.42 Å². The monoisotopic (exact) mass is 325 g/mol. The van der Waals surface area contributed by atoms with Gasteiger partial charge < -0.3 is 10.4 Å². The van der Waals surface area contributed by atoms with E-state index in [4.69, 9.17) is 11.6 Å². The van der Waals surface area contributed by atoms with Crippen molar-refractivity contribution in [3.63, 3.8) is 0 Å². The number of hydrogen-bond donors (Lipinski definition) is 2. The number of carbonyl (C=O) groups excluding carboxylic acids is 1. The first-order valence-electron chi connectivity index (χ1n) is 5.87. The lowest BCUT2D eigenvalue weighted by molar-refractivity contribution is 0.102. The summed E-state index contributed by atoms with van der Waals surface area (Å²) in [5.41, 5.74) is 0.651. The molecule has 0 unspecified atom stereocenters. The van der Waals surface area contributed by atoms with E-state index in [9.17, 15) is 18.3 Å². The Hall–Kier alpha value is -2.05. The molecule has 2 aromatic rings. The molecule has 0 radical (unpaired) electrons. The Kier molecular flexibility index (Phi) is 4.20. The number of nitrogens with one attached hydrogen (secondary N) is 1. The third-order valence-corrected chi connectivity index (χ3v) is 4.19. The Balaban J connectivity index is 2.21. The second kappa shape index (κ2) is 5.75. The maximum Gasteiger partial charge on any atom is 0.255 e. The summed E-state index contributed by atoms with van der Waals surface area (Å²) < 4.78 is 22.7. The van der Waals surface area contributed by atoms with E-state index in [1.54, 1.807) is 0 Å². The molecular weight excluding hydrogens is 314 g/mol. The average molecular weight is 326 g/mol. The molecule has 1 amide bonds. The summed E-state index contributed by atoms with van der Waals surface area (Å²) in [6.45, 7) is 0. The fourth-order valence-corrected chi connectivity index (χ4v) is 2.51. The van der Waals surface area contributed by atoms with E-state index in [1.165, 1.54) is 42.5 Å². The highest BCUT2D eigenvalue weighted by Gasteiger charge is 2.11. The third kappa shape index (κ3) is 3.74. The summed E-state index contributed by atoms with van der Waals surface area (Å²) in [6, 6.07) is 9.74. The minimum atomic E-state index is -3.30. The van der Waals surface area contributed by atoms with Gasteiger partial charge in [-0.05, 0) is 36.4 Å². The highest BCUT2D eigenvalue weighted by molar-refractivity contribution is 7.90. The number of sulfone groups is 1. The lowest BCUT2D eigenvalue weighted by atomic mass is 10.2. The Bertz CT molecular complexity index is 785. The topological polar surface area (TPSA) is 83.5 Å². The first kappa shape index (κ1) is 15.3. The summed E-state index contributed by atoms with van der Waals surface area (Å²) >= 11 is 5.89. The maximum atomic E-state index is 12.0. The molecule has 7 heteroatoms. The van der Waals surface area contributed by atoms with E-state index in [2.05, 4.69) is 5.32 Å². The number of phenols is 1. The Morgan fingerprint density at radius 1 is 1.14 bits per heavy atom. The van der Waals surface area contributed by atoms with Crippen molar-refractivity contribution >= 4 is 33.0 Å². The number of carbonyl (C=O) groups is 1. The van der Waals surface area contributed by atoms with Crippen molar-refractivity contribution in [3.8, 4) is 5.75 Å². The van der Waals surface area contributed by atoms with E-state index >= 15 is 0 Å². The number of amides is 1. The van der Waals surface area contributed by atoms with Gasteiger partial charge in [0.2, 0.25) is 0 Å². The first-order chi connectivity index (χ1) is 9.77. The molecule has 2 N–H and O–H groups in total.